The summed E-state index contributed by atoms with van der Waals surface area (Å²) in [5.41, 5.74) is 0. The number of nitrogens with one attached hydrogen (secondary N) is 1. The van der Waals surface area contributed by atoms with Crippen LogP contribution < -0.4 is 5.32 Å². The molecule has 0 bridgehead atoms. The van der Waals surface area contributed by atoms with Gasteiger partial charge in [-0.3, -0.25) is 9.59 Å². The van der Waals surface area contributed by atoms with Crippen LogP contribution in [0.3, 0.4) is 0 Å². The third-order valence-electron chi connectivity index (χ3n) is 2.95. The van der Waals surface area contributed by atoms with E-state index < -0.39 is 12.0 Å². The Hall–Kier alpha value is -1.59. The van der Waals surface area contributed by atoms with Crippen LogP contribution >= 0.6 is 0 Å². The van der Waals surface area contributed by atoms with Crippen molar-refractivity contribution in [1.82, 2.24) is 10.2 Å². The van der Waals surface area contributed by atoms with Crippen LogP contribution in [0.5, 0.6) is 0 Å². The molecule has 0 aliphatic rings. The average Bonchev–Trinajstić information content (AvgIpc) is 2.37. The van der Waals surface area contributed by atoms with Crippen LogP contribution in [0.1, 0.15) is 46.5 Å². The summed E-state index contributed by atoms with van der Waals surface area (Å²) in [5, 5.41) is 11.2. The second-order valence-electron chi connectivity index (χ2n) is 4.29. The second-order valence-corrected chi connectivity index (χ2v) is 4.29. The van der Waals surface area contributed by atoms with Gasteiger partial charge in [-0.1, -0.05) is 6.92 Å². The van der Waals surface area contributed by atoms with Gasteiger partial charge in [0.25, 0.3) is 0 Å². The maximum absolute atomic E-state index is 11.7. The van der Waals surface area contributed by atoms with Crippen molar-refractivity contribution in [2.75, 3.05) is 13.1 Å². The van der Waals surface area contributed by atoms with Crippen molar-refractivity contribution < 1.29 is 19.5 Å². The van der Waals surface area contributed by atoms with E-state index in [1.807, 2.05) is 13.8 Å². The third kappa shape index (κ3) is 6.79. The summed E-state index contributed by atoms with van der Waals surface area (Å²) in [4.78, 5) is 35.6. The number of nitrogens with zero attached hydrogens (tertiary/aromatic N) is 1. The summed E-state index contributed by atoms with van der Waals surface area (Å²) in [6, 6.07) is -0.842. The fraction of sp³-hybridized carbons (Fsp3) is 0.769. The molecule has 2 amide bonds. The van der Waals surface area contributed by atoms with Crippen LogP contribution in [-0.2, 0) is 14.4 Å². The molecule has 0 rings (SSSR count). The Morgan fingerprint density at radius 1 is 1.11 bits per heavy atom. The van der Waals surface area contributed by atoms with Crippen molar-refractivity contribution in [3.05, 3.63) is 0 Å². The molecule has 0 saturated heterocycles. The van der Waals surface area contributed by atoms with Crippen LogP contribution in [0.4, 0.5) is 0 Å². The number of rotatable bonds is 9. The minimum atomic E-state index is -1.03. The van der Waals surface area contributed by atoms with E-state index in [4.69, 9.17) is 5.11 Å². The van der Waals surface area contributed by atoms with Gasteiger partial charge in [0.2, 0.25) is 11.8 Å². The molecule has 19 heavy (non-hydrogen) atoms. The Kier molecular flexibility index (Phi) is 8.57. The molecular formula is C13H24N2O4. The highest BCUT2D eigenvalue weighted by atomic mass is 16.4. The van der Waals surface area contributed by atoms with Gasteiger partial charge < -0.3 is 15.3 Å². The molecule has 110 valence electrons. The van der Waals surface area contributed by atoms with E-state index in [0.717, 1.165) is 0 Å². The van der Waals surface area contributed by atoms with Crippen molar-refractivity contribution in [2.24, 2.45) is 0 Å². The number of amides is 2. The highest BCUT2D eigenvalue weighted by Gasteiger charge is 2.17. The van der Waals surface area contributed by atoms with E-state index in [9.17, 15) is 14.4 Å². The smallest absolute Gasteiger partial charge is 0.326 e. The minimum absolute atomic E-state index is 0.0306. The minimum Gasteiger partial charge on any atom is -0.480 e. The van der Waals surface area contributed by atoms with Gasteiger partial charge in [0.05, 0.1) is 0 Å². The van der Waals surface area contributed by atoms with Crippen molar-refractivity contribution in [3.8, 4) is 0 Å². The molecule has 6 nitrogen and oxygen atoms in total. The topological polar surface area (TPSA) is 86.7 Å². The molecule has 2 N–H and O–H groups in total. The highest BCUT2D eigenvalue weighted by Crippen LogP contribution is 2.02. The number of hydrogen-bond acceptors (Lipinski definition) is 3. The van der Waals surface area contributed by atoms with Gasteiger partial charge >= 0.3 is 5.97 Å². The van der Waals surface area contributed by atoms with Crippen LogP contribution in [0.15, 0.2) is 0 Å². The van der Waals surface area contributed by atoms with Crippen molar-refractivity contribution in [1.29, 1.82) is 0 Å². The van der Waals surface area contributed by atoms with E-state index in [-0.39, 0.29) is 18.2 Å². The zero-order valence-electron chi connectivity index (χ0n) is 11.9. The van der Waals surface area contributed by atoms with Crippen molar-refractivity contribution >= 4 is 17.8 Å². The first-order valence-corrected chi connectivity index (χ1v) is 6.76. The molecule has 0 aromatic heterocycles. The number of carbonyl (C=O) groups excluding carboxylic acids is 2. The highest BCUT2D eigenvalue weighted by molar-refractivity contribution is 5.84. The van der Waals surface area contributed by atoms with Gasteiger partial charge in [-0.25, -0.2) is 4.79 Å². The number of carbonyl (C=O) groups is 3. The fourth-order valence-corrected chi connectivity index (χ4v) is 1.74. The van der Waals surface area contributed by atoms with Crippen molar-refractivity contribution in [3.63, 3.8) is 0 Å². The summed E-state index contributed by atoms with van der Waals surface area (Å²) in [6.45, 7) is 6.85. The van der Waals surface area contributed by atoms with Gasteiger partial charge in [0.1, 0.15) is 6.04 Å². The van der Waals surface area contributed by atoms with E-state index in [2.05, 4.69) is 5.32 Å². The van der Waals surface area contributed by atoms with Gasteiger partial charge in [-0.2, -0.15) is 0 Å². The summed E-state index contributed by atoms with van der Waals surface area (Å²) in [6.07, 6.45) is 1.28. The van der Waals surface area contributed by atoms with E-state index in [0.29, 0.717) is 32.4 Å². The first-order valence-electron chi connectivity index (χ1n) is 6.76. The maximum atomic E-state index is 11.7. The van der Waals surface area contributed by atoms with Gasteiger partial charge in [-0.15, -0.1) is 0 Å². The summed E-state index contributed by atoms with van der Waals surface area (Å²) in [5.74, 6) is -1.32. The lowest BCUT2D eigenvalue weighted by molar-refractivity contribution is -0.142. The third-order valence-corrected chi connectivity index (χ3v) is 2.95. The molecule has 0 aromatic carbocycles. The monoisotopic (exact) mass is 272 g/mol. The number of hydrogen-bond donors (Lipinski definition) is 2. The molecule has 0 aliphatic heterocycles. The lowest BCUT2D eigenvalue weighted by Gasteiger charge is -2.18. The van der Waals surface area contributed by atoms with Crippen molar-refractivity contribution in [2.45, 2.75) is 52.5 Å². The Balaban J connectivity index is 3.98. The zero-order chi connectivity index (χ0) is 14.8. The van der Waals surface area contributed by atoms with E-state index >= 15 is 0 Å². The second kappa shape index (κ2) is 9.35. The first kappa shape index (κ1) is 17.4. The molecule has 1 atom stereocenters. The number of carboxylic acid groups (broad SMARTS) is 1. The van der Waals surface area contributed by atoms with Gasteiger partial charge in [0, 0.05) is 25.9 Å². The number of aliphatic carboxylic acids is 1. The first-order chi connectivity index (χ1) is 8.96. The lowest BCUT2D eigenvalue weighted by atomic mass is 10.2. The Morgan fingerprint density at radius 3 is 2.11 bits per heavy atom. The van der Waals surface area contributed by atoms with Crippen LogP contribution in [0.2, 0.25) is 0 Å². The largest absolute Gasteiger partial charge is 0.480 e. The normalized spacial score (nSPS) is 11.7. The quantitative estimate of drug-likeness (QED) is 0.655. The fourth-order valence-electron chi connectivity index (χ4n) is 1.74. The number of carboxylic acids is 1. The van der Waals surface area contributed by atoms with Crippen LogP contribution in [-0.4, -0.2) is 46.9 Å². The average molecular weight is 272 g/mol. The standard InChI is InChI=1S/C13H24N2O4/c1-4-10(13(18)19)14-11(16)8-7-9-12(17)15(5-2)6-3/h10H,4-9H2,1-3H3,(H,14,16)(H,18,19). The molecular weight excluding hydrogens is 248 g/mol. The Bertz CT molecular complexity index is 314. The molecule has 6 heteroatoms. The van der Waals surface area contributed by atoms with E-state index in [1.54, 1.807) is 11.8 Å². The zero-order valence-corrected chi connectivity index (χ0v) is 11.9. The molecule has 0 aliphatic carbocycles. The molecule has 1 unspecified atom stereocenters. The maximum Gasteiger partial charge on any atom is 0.326 e. The lowest BCUT2D eigenvalue weighted by Crippen LogP contribution is -2.40. The SMILES string of the molecule is CCC(NC(=O)CCCC(=O)N(CC)CC)C(=O)O. The summed E-state index contributed by atoms with van der Waals surface area (Å²) in [7, 11) is 0. The van der Waals surface area contributed by atoms with E-state index in [1.165, 1.54) is 0 Å². The summed E-state index contributed by atoms with van der Waals surface area (Å²) >= 11 is 0. The van der Waals surface area contributed by atoms with Gasteiger partial charge in [0.15, 0.2) is 0 Å². The molecule has 0 aromatic rings. The molecule has 0 radical (unpaired) electrons. The summed E-state index contributed by atoms with van der Waals surface area (Å²) < 4.78 is 0. The Labute approximate surface area is 114 Å². The molecule has 0 spiro atoms. The Morgan fingerprint density at radius 2 is 1.68 bits per heavy atom. The molecule has 0 saturated carbocycles. The van der Waals surface area contributed by atoms with Crippen LogP contribution in [0, 0.1) is 0 Å². The predicted octanol–water partition coefficient (Wildman–Crippen LogP) is 1.00. The molecule has 0 heterocycles. The van der Waals surface area contributed by atoms with Gasteiger partial charge in [-0.05, 0) is 26.7 Å². The predicted molar refractivity (Wildman–Crippen MR) is 71.6 cm³/mol. The molecule has 0 fully saturated rings. The van der Waals surface area contributed by atoms with Crippen LogP contribution in [0.25, 0.3) is 0 Å².